The zero-order valence-corrected chi connectivity index (χ0v) is 15.5. The van der Waals surface area contributed by atoms with E-state index in [1.54, 1.807) is 7.11 Å². The van der Waals surface area contributed by atoms with Crippen LogP contribution in [0.1, 0.15) is 5.56 Å². The molecular formula is C23H17F3N2O. The van der Waals surface area contributed by atoms with Crippen LogP contribution in [0.15, 0.2) is 78.9 Å². The number of halogens is 3. The van der Waals surface area contributed by atoms with E-state index in [1.807, 2.05) is 54.6 Å². The zero-order chi connectivity index (χ0) is 20.4. The second kappa shape index (κ2) is 7.47. The van der Waals surface area contributed by atoms with Gasteiger partial charge < -0.3 is 10.1 Å². The fraction of sp³-hybridized carbons (Fsp3) is 0.0870. The largest absolute Gasteiger partial charge is 0.497 e. The Morgan fingerprint density at radius 3 is 2.21 bits per heavy atom. The van der Waals surface area contributed by atoms with Gasteiger partial charge in [-0.25, -0.2) is 4.98 Å². The summed E-state index contributed by atoms with van der Waals surface area (Å²) in [4.78, 5) is 4.72. The molecule has 6 heteroatoms. The van der Waals surface area contributed by atoms with Gasteiger partial charge in [0.2, 0.25) is 0 Å². The van der Waals surface area contributed by atoms with E-state index >= 15 is 0 Å². The Balaban J connectivity index is 1.74. The summed E-state index contributed by atoms with van der Waals surface area (Å²) in [6.45, 7) is 0. The molecule has 29 heavy (non-hydrogen) atoms. The van der Waals surface area contributed by atoms with Crippen molar-refractivity contribution in [3.05, 3.63) is 84.4 Å². The van der Waals surface area contributed by atoms with Gasteiger partial charge in [-0.15, -0.1) is 0 Å². The van der Waals surface area contributed by atoms with Crippen molar-refractivity contribution in [2.45, 2.75) is 6.18 Å². The van der Waals surface area contributed by atoms with Crippen LogP contribution in [0.4, 0.5) is 24.5 Å². The molecule has 1 aromatic heterocycles. The van der Waals surface area contributed by atoms with Gasteiger partial charge in [-0.3, -0.25) is 0 Å². The second-order valence-electron chi connectivity index (χ2n) is 6.50. The molecule has 3 aromatic carbocycles. The molecule has 0 radical (unpaired) electrons. The van der Waals surface area contributed by atoms with Gasteiger partial charge >= 0.3 is 6.18 Å². The topological polar surface area (TPSA) is 34.1 Å². The highest BCUT2D eigenvalue weighted by Crippen LogP contribution is 2.33. The minimum absolute atomic E-state index is 0.565. The quantitative estimate of drug-likeness (QED) is 0.420. The Morgan fingerprint density at radius 1 is 0.862 bits per heavy atom. The third-order valence-electron chi connectivity index (χ3n) is 4.59. The highest BCUT2D eigenvalue weighted by atomic mass is 19.4. The van der Waals surface area contributed by atoms with Crippen LogP contribution in [0.3, 0.4) is 0 Å². The number of hydrogen-bond donors (Lipinski definition) is 1. The number of ether oxygens (including phenoxy) is 1. The van der Waals surface area contributed by atoms with E-state index in [-0.39, 0.29) is 0 Å². The predicted octanol–water partition coefficient (Wildman–Crippen LogP) is 6.67. The molecule has 0 saturated carbocycles. The molecule has 3 nitrogen and oxygen atoms in total. The number of rotatable bonds is 4. The number of nitrogens with zero attached hydrogens (tertiary/aromatic N) is 1. The molecule has 0 atom stereocenters. The van der Waals surface area contributed by atoms with Crippen molar-refractivity contribution in [3.63, 3.8) is 0 Å². The number of alkyl halides is 3. The molecule has 0 unspecified atom stereocenters. The number of nitrogens with one attached hydrogen (secondary N) is 1. The lowest BCUT2D eigenvalue weighted by Crippen LogP contribution is -2.04. The summed E-state index contributed by atoms with van der Waals surface area (Å²) in [5, 5.41) is 4.11. The smallest absolute Gasteiger partial charge is 0.416 e. The average Bonchev–Trinajstić information content (AvgIpc) is 2.73. The van der Waals surface area contributed by atoms with Gasteiger partial charge in [-0.1, -0.05) is 18.2 Å². The van der Waals surface area contributed by atoms with E-state index < -0.39 is 11.7 Å². The van der Waals surface area contributed by atoms with Crippen molar-refractivity contribution in [2.24, 2.45) is 0 Å². The third kappa shape index (κ3) is 4.01. The molecule has 4 aromatic rings. The van der Waals surface area contributed by atoms with Crippen molar-refractivity contribution in [3.8, 4) is 17.0 Å². The summed E-state index contributed by atoms with van der Waals surface area (Å²) < 4.78 is 43.6. The van der Waals surface area contributed by atoms with Crippen LogP contribution in [0.2, 0.25) is 0 Å². The van der Waals surface area contributed by atoms with Crippen LogP contribution in [-0.2, 0) is 6.18 Å². The number of hydrogen-bond acceptors (Lipinski definition) is 3. The first-order valence-electron chi connectivity index (χ1n) is 8.92. The molecular weight excluding hydrogens is 377 g/mol. The number of methoxy groups -OCH3 is 1. The summed E-state index contributed by atoms with van der Waals surface area (Å²) in [6.07, 6.45) is -4.36. The Morgan fingerprint density at radius 2 is 1.55 bits per heavy atom. The maximum atomic E-state index is 12.8. The Bertz CT molecular complexity index is 1140. The van der Waals surface area contributed by atoms with Crippen molar-refractivity contribution in [1.82, 2.24) is 4.98 Å². The lowest BCUT2D eigenvalue weighted by atomic mass is 10.1. The molecule has 0 aliphatic heterocycles. The molecule has 0 amide bonds. The first-order valence-corrected chi connectivity index (χ1v) is 8.92. The Kier molecular flexibility index (Phi) is 4.84. The lowest BCUT2D eigenvalue weighted by molar-refractivity contribution is -0.137. The van der Waals surface area contributed by atoms with Gasteiger partial charge in [0.05, 0.1) is 29.6 Å². The van der Waals surface area contributed by atoms with Crippen LogP contribution in [0.5, 0.6) is 5.75 Å². The number of pyridine rings is 1. The molecule has 0 bridgehead atoms. The zero-order valence-electron chi connectivity index (χ0n) is 15.5. The molecule has 0 aliphatic rings. The predicted molar refractivity (Wildman–Crippen MR) is 108 cm³/mol. The standard InChI is InChI=1S/C23H17F3N2O/c1-29-18-12-6-15(7-13-18)21-14-22(19-4-2-3-5-20(19)28-21)27-17-10-8-16(9-11-17)23(24,25)26/h2-14H,1H3,(H,27,28). The number of anilines is 2. The number of benzene rings is 3. The molecule has 146 valence electrons. The molecule has 0 spiro atoms. The van der Waals surface area contributed by atoms with Crippen LogP contribution in [-0.4, -0.2) is 12.1 Å². The van der Waals surface area contributed by atoms with Gasteiger partial charge in [-0.2, -0.15) is 13.2 Å². The van der Waals surface area contributed by atoms with E-state index in [0.717, 1.165) is 45.7 Å². The highest BCUT2D eigenvalue weighted by molar-refractivity contribution is 5.95. The maximum Gasteiger partial charge on any atom is 0.416 e. The molecule has 1 N–H and O–H groups in total. The first kappa shape index (κ1) is 18.8. The maximum absolute atomic E-state index is 12.8. The number of aromatic nitrogens is 1. The van der Waals surface area contributed by atoms with Crippen molar-refractivity contribution in [1.29, 1.82) is 0 Å². The minimum Gasteiger partial charge on any atom is -0.497 e. The van der Waals surface area contributed by atoms with Gasteiger partial charge in [0.15, 0.2) is 0 Å². The van der Waals surface area contributed by atoms with Gasteiger partial charge in [0, 0.05) is 16.6 Å². The van der Waals surface area contributed by atoms with E-state index in [1.165, 1.54) is 12.1 Å². The van der Waals surface area contributed by atoms with Gasteiger partial charge in [0.25, 0.3) is 0 Å². The minimum atomic E-state index is -4.36. The van der Waals surface area contributed by atoms with Crippen LogP contribution in [0, 0.1) is 0 Å². The van der Waals surface area contributed by atoms with Crippen LogP contribution in [0.25, 0.3) is 22.2 Å². The van der Waals surface area contributed by atoms with E-state index in [9.17, 15) is 13.2 Å². The summed E-state index contributed by atoms with van der Waals surface area (Å²) in [6, 6.07) is 22.0. The SMILES string of the molecule is COc1ccc(-c2cc(Nc3ccc(C(F)(F)F)cc3)c3ccccc3n2)cc1. The normalized spacial score (nSPS) is 11.4. The van der Waals surface area contributed by atoms with Crippen LogP contribution >= 0.6 is 0 Å². The molecule has 4 rings (SSSR count). The lowest BCUT2D eigenvalue weighted by Gasteiger charge is -2.13. The van der Waals surface area contributed by atoms with Crippen molar-refractivity contribution >= 4 is 22.3 Å². The van der Waals surface area contributed by atoms with Crippen molar-refractivity contribution in [2.75, 3.05) is 12.4 Å². The summed E-state index contributed by atoms with van der Waals surface area (Å²) in [5.41, 5.74) is 3.10. The Labute approximate surface area is 165 Å². The average molecular weight is 394 g/mol. The Hall–Kier alpha value is -3.54. The third-order valence-corrected chi connectivity index (χ3v) is 4.59. The molecule has 0 saturated heterocycles. The van der Waals surface area contributed by atoms with Gasteiger partial charge in [-0.05, 0) is 60.7 Å². The fourth-order valence-corrected chi connectivity index (χ4v) is 3.09. The monoisotopic (exact) mass is 394 g/mol. The fourth-order valence-electron chi connectivity index (χ4n) is 3.09. The molecule has 0 fully saturated rings. The van der Waals surface area contributed by atoms with E-state index in [2.05, 4.69) is 5.32 Å². The van der Waals surface area contributed by atoms with E-state index in [0.29, 0.717) is 5.69 Å². The molecule has 1 heterocycles. The first-order chi connectivity index (χ1) is 13.9. The van der Waals surface area contributed by atoms with Gasteiger partial charge in [0.1, 0.15) is 5.75 Å². The molecule has 0 aliphatic carbocycles. The number of fused-ring (bicyclic) bond motifs is 1. The summed E-state index contributed by atoms with van der Waals surface area (Å²) in [5.74, 6) is 0.748. The number of para-hydroxylation sites is 1. The summed E-state index contributed by atoms with van der Waals surface area (Å²) in [7, 11) is 1.61. The highest BCUT2D eigenvalue weighted by Gasteiger charge is 2.29. The summed E-state index contributed by atoms with van der Waals surface area (Å²) >= 11 is 0. The second-order valence-corrected chi connectivity index (χ2v) is 6.50. The van der Waals surface area contributed by atoms with E-state index in [4.69, 9.17) is 9.72 Å². The van der Waals surface area contributed by atoms with Crippen molar-refractivity contribution < 1.29 is 17.9 Å². The van der Waals surface area contributed by atoms with Crippen LogP contribution < -0.4 is 10.1 Å².